The van der Waals surface area contributed by atoms with E-state index in [9.17, 15) is 4.79 Å². The van der Waals surface area contributed by atoms with Crippen LogP contribution >= 0.6 is 0 Å². The summed E-state index contributed by atoms with van der Waals surface area (Å²) in [5.41, 5.74) is 5.87. The van der Waals surface area contributed by atoms with Crippen LogP contribution in [-0.2, 0) is 6.42 Å². The number of carbonyl (C=O) groups excluding carboxylic acids is 1. The van der Waals surface area contributed by atoms with Gasteiger partial charge in [-0.3, -0.25) is 4.79 Å². The van der Waals surface area contributed by atoms with E-state index in [1.54, 1.807) is 6.92 Å². The van der Waals surface area contributed by atoms with E-state index in [1.807, 2.05) is 13.0 Å². The third kappa shape index (κ3) is 2.43. The molecule has 0 amide bonds. The van der Waals surface area contributed by atoms with Crippen molar-refractivity contribution in [3.05, 3.63) is 69.7 Å². The SMILES string of the molecule is CC(=O)c1c(C)oc2c1CC(C)=C(C)CC2c1ccccc1. The number of furan rings is 1. The molecule has 3 rings (SSSR count). The topological polar surface area (TPSA) is 30.2 Å². The minimum Gasteiger partial charge on any atom is -0.465 e. The van der Waals surface area contributed by atoms with Gasteiger partial charge < -0.3 is 4.42 Å². The van der Waals surface area contributed by atoms with Crippen LogP contribution in [0.1, 0.15) is 66.1 Å². The lowest BCUT2D eigenvalue weighted by molar-refractivity contribution is 0.101. The van der Waals surface area contributed by atoms with Crippen LogP contribution in [0.4, 0.5) is 0 Å². The van der Waals surface area contributed by atoms with Crippen LogP contribution in [0.15, 0.2) is 45.9 Å². The Bertz CT molecular complexity index is 748. The lowest BCUT2D eigenvalue weighted by atomic mass is 9.89. The number of Topliss-reactive ketones (excluding diaryl/α,β-unsaturated/α-hetero) is 1. The summed E-state index contributed by atoms with van der Waals surface area (Å²) < 4.78 is 6.09. The maximum atomic E-state index is 12.1. The maximum Gasteiger partial charge on any atom is 0.163 e. The zero-order valence-corrected chi connectivity index (χ0v) is 13.7. The molecule has 1 aliphatic rings. The fourth-order valence-electron chi connectivity index (χ4n) is 3.47. The molecule has 1 aromatic carbocycles. The van der Waals surface area contributed by atoms with Crippen molar-refractivity contribution in [2.24, 2.45) is 0 Å². The molecule has 2 nitrogen and oxygen atoms in total. The third-order valence-electron chi connectivity index (χ3n) is 4.77. The summed E-state index contributed by atoms with van der Waals surface area (Å²) in [6.07, 6.45) is 1.77. The molecule has 0 bridgehead atoms. The molecule has 0 saturated heterocycles. The Kier molecular flexibility index (Phi) is 3.78. The molecule has 2 aromatic rings. The van der Waals surface area contributed by atoms with E-state index in [0.29, 0.717) is 0 Å². The van der Waals surface area contributed by atoms with Gasteiger partial charge in [-0.1, -0.05) is 41.5 Å². The van der Waals surface area contributed by atoms with Crippen molar-refractivity contribution in [1.82, 2.24) is 0 Å². The summed E-state index contributed by atoms with van der Waals surface area (Å²) in [5.74, 6) is 2.03. The van der Waals surface area contributed by atoms with E-state index in [4.69, 9.17) is 4.42 Å². The molecule has 114 valence electrons. The summed E-state index contributed by atoms with van der Waals surface area (Å²) in [7, 11) is 0. The van der Waals surface area contributed by atoms with E-state index in [-0.39, 0.29) is 11.7 Å². The second-order valence-electron chi connectivity index (χ2n) is 6.34. The first-order valence-electron chi connectivity index (χ1n) is 7.82. The Morgan fingerprint density at radius 3 is 2.41 bits per heavy atom. The van der Waals surface area contributed by atoms with Gasteiger partial charge in [0.05, 0.1) is 5.56 Å². The molecule has 2 heteroatoms. The van der Waals surface area contributed by atoms with Crippen LogP contribution in [0, 0.1) is 6.92 Å². The Balaban J connectivity index is 2.22. The van der Waals surface area contributed by atoms with Gasteiger partial charge in [-0.15, -0.1) is 0 Å². The number of allylic oxidation sites excluding steroid dienone is 2. The lowest BCUT2D eigenvalue weighted by Crippen LogP contribution is -2.03. The van der Waals surface area contributed by atoms with Crippen molar-refractivity contribution in [2.75, 3.05) is 0 Å². The number of fused-ring (bicyclic) bond motifs is 1. The van der Waals surface area contributed by atoms with Crippen LogP contribution in [0.5, 0.6) is 0 Å². The Hall–Kier alpha value is -2.09. The van der Waals surface area contributed by atoms with E-state index in [0.717, 1.165) is 35.5 Å². The molecule has 1 unspecified atom stereocenters. The van der Waals surface area contributed by atoms with E-state index in [1.165, 1.54) is 16.7 Å². The minimum absolute atomic E-state index is 0.0988. The highest BCUT2D eigenvalue weighted by Crippen LogP contribution is 2.41. The molecule has 0 spiro atoms. The first-order chi connectivity index (χ1) is 10.5. The second kappa shape index (κ2) is 5.60. The van der Waals surface area contributed by atoms with Crippen LogP contribution in [-0.4, -0.2) is 5.78 Å². The fourth-order valence-corrected chi connectivity index (χ4v) is 3.47. The standard InChI is InChI=1S/C20H22O2/c1-12-10-17(16-8-6-5-7-9-16)20-18(11-13(12)2)19(14(3)21)15(4)22-20/h5-9,17H,10-11H2,1-4H3. The number of ketones is 1. The Morgan fingerprint density at radius 1 is 1.09 bits per heavy atom. The van der Waals surface area contributed by atoms with Crippen LogP contribution in [0.2, 0.25) is 0 Å². The second-order valence-corrected chi connectivity index (χ2v) is 6.34. The van der Waals surface area contributed by atoms with Gasteiger partial charge in [0, 0.05) is 11.5 Å². The fraction of sp³-hybridized carbons (Fsp3) is 0.350. The molecule has 0 radical (unpaired) electrons. The molecule has 0 N–H and O–H groups in total. The van der Waals surface area contributed by atoms with Crippen LogP contribution in [0.3, 0.4) is 0 Å². The zero-order chi connectivity index (χ0) is 15.9. The predicted molar refractivity (Wildman–Crippen MR) is 88.4 cm³/mol. The summed E-state index contributed by atoms with van der Waals surface area (Å²) in [6, 6.07) is 10.5. The highest BCUT2D eigenvalue weighted by Gasteiger charge is 2.30. The first-order valence-corrected chi connectivity index (χ1v) is 7.82. The smallest absolute Gasteiger partial charge is 0.163 e. The van der Waals surface area contributed by atoms with Gasteiger partial charge in [0.1, 0.15) is 11.5 Å². The maximum absolute atomic E-state index is 12.1. The molecule has 0 aliphatic heterocycles. The third-order valence-corrected chi connectivity index (χ3v) is 4.77. The molecule has 1 aliphatic carbocycles. The molecule has 1 aromatic heterocycles. The number of aryl methyl sites for hydroxylation is 1. The van der Waals surface area contributed by atoms with Gasteiger partial charge in [0.2, 0.25) is 0 Å². The molecule has 0 saturated carbocycles. The minimum atomic E-state index is 0.0988. The van der Waals surface area contributed by atoms with Crippen molar-refractivity contribution in [3.63, 3.8) is 0 Å². The van der Waals surface area contributed by atoms with E-state index >= 15 is 0 Å². The van der Waals surface area contributed by atoms with Gasteiger partial charge in [-0.2, -0.15) is 0 Å². The van der Waals surface area contributed by atoms with Crippen molar-refractivity contribution in [2.45, 2.75) is 46.5 Å². The van der Waals surface area contributed by atoms with Crippen molar-refractivity contribution in [1.29, 1.82) is 0 Å². The zero-order valence-electron chi connectivity index (χ0n) is 13.7. The number of hydrogen-bond donors (Lipinski definition) is 0. The predicted octanol–water partition coefficient (Wildman–Crippen LogP) is 5.21. The summed E-state index contributed by atoms with van der Waals surface area (Å²) in [6.45, 7) is 7.89. The quantitative estimate of drug-likeness (QED) is 0.562. The Morgan fingerprint density at radius 2 is 1.77 bits per heavy atom. The van der Waals surface area contributed by atoms with Gasteiger partial charge in [0.25, 0.3) is 0 Å². The molecule has 22 heavy (non-hydrogen) atoms. The first kappa shape index (κ1) is 14.8. The molecule has 1 atom stereocenters. The monoisotopic (exact) mass is 294 g/mol. The number of rotatable bonds is 2. The summed E-state index contributed by atoms with van der Waals surface area (Å²) in [5, 5.41) is 0. The lowest BCUT2D eigenvalue weighted by Gasteiger charge is -2.15. The molecular weight excluding hydrogens is 272 g/mol. The number of hydrogen-bond acceptors (Lipinski definition) is 2. The van der Waals surface area contributed by atoms with E-state index in [2.05, 4.69) is 38.1 Å². The van der Waals surface area contributed by atoms with Crippen molar-refractivity contribution >= 4 is 5.78 Å². The molecule has 1 heterocycles. The average Bonchev–Trinajstić information content (AvgIpc) is 2.75. The van der Waals surface area contributed by atoms with Crippen molar-refractivity contribution < 1.29 is 9.21 Å². The highest BCUT2D eigenvalue weighted by molar-refractivity contribution is 5.97. The molecule has 0 fully saturated rings. The largest absolute Gasteiger partial charge is 0.465 e. The normalized spacial score (nSPS) is 18.1. The van der Waals surface area contributed by atoms with Crippen LogP contribution < -0.4 is 0 Å². The average molecular weight is 294 g/mol. The number of benzene rings is 1. The van der Waals surface area contributed by atoms with Gasteiger partial charge in [0.15, 0.2) is 5.78 Å². The van der Waals surface area contributed by atoms with E-state index < -0.39 is 0 Å². The Labute approximate surface area is 131 Å². The van der Waals surface area contributed by atoms with Gasteiger partial charge in [-0.05, 0) is 46.1 Å². The van der Waals surface area contributed by atoms with Crippen LogP contribution in [0.25, 0.3) is 0 Å². The highest BCUT2D eigenvalue weighted by atomic mass is 16.3. The van der Waals surface area contributed by atoms with Gasteiger partial charge >= 0.3 is 0 Å². The van der Waals surface area contributed by atoms with Gasteiger partial charge in [-0.25, -0.2) is 0 Å². The summed E-state index contributed by atoms with van der Waals surface area (Å²) in [4.78, 5) is 12.1. The van der Waals surface area contributed by atoms with Crippen molar-refractivity contribution in [3.8, 4) is 0 Å². The summed E-state index contributed by atoms with van der Waals surface area (Å²) >= 11 is 0. The number of carbonyl (C=O) groups is 1. The molecular formula is C20H22O2.